The van der Waals surface area contributed by atoms with Gasteiger partial charge in [-0.25, -0.2) is 10.1 Å². The number of anilines is 1. The lowest BCUT2D eigenvalue weighted by molar-refractivity contribution is -0.150. The fourth-order valence-electron chi connectivity index (χ4n) is 10.0. The molecule has 0 radical (unpaired) electrons. The van der Waals surface area contributed by atoms with Crippen LogP contribution in [0.3, 0.4) is 0 Å². The smallest absolute Gasteiger partial charge is 0.303 e. The number of aliphatic hydroxyl groups is 4. The van der Waals surface area contributed by atoms with E-state index in [0.717, 1.165) is 19.1 Å². The number of hydroxylamine groups is 4. The van der Waals surface area contributed by atoms with Gasteiger partial charge in [-0.05, 0) is 96.7 Å². The Balaban J connectivity index is 1.61. The van der Waals surface area contributed by atoms with Crippen molar-refractivity contribution in [2.45, 2.75) is 164 Å². The van der Waals surface area contributed by atoms with Gasteiger partial charge in [-0.1, -0.05) is 0 Å². The normalized spacial score (nSPS) is 21.2. The summed E-state index contributed by atoms with van der Waals surface area (Å²) < 4.78 is 0. The van der Waals surface area contributed by atoms with E-state index in [4.69, 9.17) is 16.6 Å². The number of carbonyl (C=O) groups is 13. The number of phenolic OH excluding ortho intramolecular Hbond substituents is 2. The number of carboxylic acids is 1. The van der Waals surface area contributed by atoms with Gasteiger partial charge < -0.3 is 105 Å². The molecule has 0 spiro atoms. The fraction of sp³-hybridized carbons (Fsp3) is 0.600. The first-order valence-electron chi connectivity index (χ1n) is 30.0. The van der Waals surface area contributed by atoms with Gasteiger partial charge in [0.05, 0.1) is 43.2 Å². The molecule has 3 aliphatic heterocycles. The number of hydrogen-bond acceptors (Lipinski definition) is 24. The van der Waals surface area contributed by atoms with Crippen LogP contribution in [0.15, 0.2) is 22.8 Å². The third-order valence-corrected chi connectivity index (χ3v) is 15.0. The summed E-state index contributed by atoms with van der Waals surface area (Å²) in [6.45, 7) is -0.921. The predicted octanol–water partition coefficient (Wildman–Crippen LogP) is -8.84. The SMILES string of the molecule is C[C@@H](O)[C@@H]1NC(=O)[C@H](CCCN(O)C=O)NC(=O)[C@@H](NC(=O)[C@H](CCCN(O)C=O)NC(=O)[C@@H](CO)NC(=O)[C@H](CCCN=C(N)N)NC(=O)[C@@H](CO)NC(=O)C2CCNC3C(NC(=O)CCC(=O)O)=Cc4cc(O)c(O)cc4N23)CCCCNC(=O)[C@H]([C@@H](C)O)NC1=O. The average Bonchev–Trinajstić information content (AvgIpc) is 0.751. The lowest BCUT2D eigenvalue weighted by Crippen LogP contribution is -2.66. The summed E-state index contributed by atoms with van der Waals surface area (Å²) >= 11 is 0. The van der Waals surface area contributed by atoms with Crippen LogP contribution in [0.5, 0.6) is 11.5 Å². The number of nitrogens with zero attached hydrogens (tertiary/aromatic N) is 4. The molecule has 2 unspecified atom stereocenters. The predicted molar refractivity (Wildman–Crippen MR) is 323 cm³/mol. The van der Waals surface area contributed by atoms with Crippen molar-refractivity contribution in [2.75, 3.05) is 50.8 Å². The van der Waals surface area contributed by atoms with Crippen molar-refractivity contribution in [2.24, 2.45) is 16.5 Å². The molecule has 2 fully saturated rings. The van der Waals surface area contributed by atoms with Crippen molar-refractivity contribution in [3.63, 3.8) is 0 Å². The third-order valence-electron chi connectivity index (χ3n) is 15.0. The molecule has 24 N–H and O–H groups in total. The summed E-state index contributed by atoms with van der Waals surface area (Å²) in [4.78, 5) is 178. The number of phenols is 2. The highest BCUT2D eigenvalue weighted by Gasteiger charge is 2.43. The van der Waals surface area contributed by atoms with E-state index >= 15 is 0 Å². The van der Waals surface area contributed by atoms with Gasteiger partial charge in [0, 0.05) is 44.2 Å². The van der Waals surface area contributed by atoms with Gasteiger partial charge in [-0.3, -0.25) is 83.1 Å². The van der Waals surface area contributed by atoms with Crippen LogP contribution in [-0.4, -0.2) is 259 Å². The van der Waals surface area contributed by atoms with E-state index in [-0.39, 0.29) is 130 Å². The van der Waals surface area contributed by atoms with Crippen LogP contribution in [0, 0.1) is 0 Å². The Hall–Kier alpha value is -9.54. The summed E-state index contributed by atoms with van der Waals surface area (Å²) in [5.74, 6) is -13.3. The van der Waals surface area contributed by atoms with Crippen LogP contribution < -0.4 is 74.9 Å². The number of aliphatic imine (C=N–C) groups is 1. The minimum absolute atomic E-state index is 0.0108. The molecule has 39 nitrogen and oxygen atoms in total. The molecule has 12 amide bonds. The lowest BCUT2D eigenvalue weighted by Gasteiger charge is -2.47. The van der Waals surface area contributed by atoms with Crippen LogP contribution in [-0.2, 0) is 62.3 Å². The van der Waals surface area contributed by atoms with Crippen LogP contribution in [0.1, 0.15) is 96.5 Å². The number of aromatic hydroxyl groups is 2. The molecule has 3 heterocycles. The first-order chi connectivity index (χ1) is 44.5. The maximum Gasteiger partial charge on any atom is 0.303 e. The molecule has 2 saturated heterocycles. The molecule has 0 bridgehead atoms. The Bertz CT molecular complexity index is 2930. The maximum atomic E-state index is 14.4. The van der Waals surface area contributed by atoms with E-state index in [1.807, 2.05) is 0 Å². The number of carboxylic acid groups (broad SMARTS) is 1. The molecule has 39 heteroatoms. The van der Waals surface area contributed by atoms with E-state index in [9.17, 15) is 103 Å². The second-order valence-corrected chi connectivity index (χ2v) is 22.3. The number of aliphatic carboxylic acids is 1. The van der Waals surface area contributed by atoms with Gasteiger partial charge in [-0.2, -0.15) is 0 Å². The zero-order chi connectivity index (χ0) is 69.9. The highest BCUT2D eigenvalue weighted by atomic mass is 16.5. The number of nitrogens with two attached hydrogens (primary N) is 2. The second-order valence-electron chi connectivity index (χ2n) is 22.3. The Morgan fingerprint density at radius 2 is 1.27 bits per heavy atom. The summed E-state index contributed by atoms with van der Waals surface area (Å²) in [6, 6.07) is -12.8. The van der Waals surface area contributed by atoms with Gasteiger partial charge in [0.15, 0.2) is 17.5 Å². The Morgan fingerprint density at radius 1 is 0.702 bits per heavy atom. The summed E-state index contributed by atoms with van der Waals surface area (Å²) in [6.07, 6.45) is -5.32. The van der Waals surface area contributed by atoms with Crippen molar-refractivity contribution in [1.29, 1.82) is 0 Å². The first-order valence-corrected chi connectivity index (χ1v) is 30.0. The van der Waals surface area contributed by atoms with Crippen LogP contribution in [0.2, 0.25) is 0 Å². The molecule has 12 atom stereocenters. The Kier molecular flexibility index (Phi) is 31.0. The number of amides is 12. The van der Waals surface area contributed by atoms with Crippen LogP contribution >= 0.6 is 0 Å². The molecule has 4 rings (SSSR count). The van der Waals surface area contributed by atoms with E-state index in [0.29, 0.717) is 0 Å². The van der Waals surface area contributed by atoms with Gasteiger partial charge in [0.2, 0.25) is 71.9 Å². The number of guanidine groups is 1. The Morgan fingerprint density at radius 3 is 1.87 bits per heavy atom. The number of fused-ring (bicyclic) bond motifs is 3. The van der Waals surface area contributed by atoms with E-state index in [1.54, 1.807) is 0 Å². The summed E-state index contributed by atoms with van der Waals surface area (Å²) in [7, 11) is 0. The van der Waals surface area contributed by atoms with E-state index in [2.05, 4.69) is 63.5 Å². The van der Waals surface area contributed by atoms with Gasteiger partial charge >= 0.3 is 5.97 Å². The molecule has 94 heavy (non-hydrogen) atoms. The minimum atomic E-state index is -1.96. The average molecular weight is 1340 g/mol. The third kappa shape index (κ3) is 23.5. The number of carbonyl (C=O) groups excluding carboxylic acids is 12. The van der Waals surface area contributed by atoms with E-state index in [1.165, 1.54) is 17.9 Å². The van der Waals surface area contributed by atoms with Crippen LogP contribution in [0.4, 0.5) is 5.69 Å². The van der Waals surface area contributed by atoms with Crippen molar-refractivity contribution in [3.8, 4) is 11.5 Å². The molecule has 522 valence electrons. The van der Waals surface area contributed by atoms with E-state index < -0.39 is 188 Å². The highest BCUT2D eigenvalue weighted by molar-refractivity contribution is 5.99. The Labute approximate surface area is 537 Å². The van der Waals surface area contributed by atoms with Gasteiger partial charge in [0.1, 0.15) is 60.5 Å². The molecule has 0 aromatic heterocycles. The zero-order valence-electron chi connectivity index (χ0n) is 51.5. The largest absolute Gasteiger partial charge is 0.504 e. The quantitative estimate of drug-likeness (QED) is 0.00606. The van der Waals surface area contributed by atoms with Crippen molar-refractivity contribution < 1.29 is 108 Å². The number of rotatable bonds is 32. The lowest BCUT2D eigenvalue weighted by atomic mass is 9.96. The van der Waals surface area contributed by atoms with Gasteiger partial charge in [0.25, 0.3) is 0 Å². The molecule has 1 aromatic rings. The molecular formula is C55H85N17O22. The fourth-order valence-corrected chi connectivity index (χ4v) is 10.0. The monoisotopic (exact) mass is 1340 g/mol. The molecule has 0 aliphatic carbocycles. The van der Waals surface area contributed by atoms with Crippen molar-refractivity contribution >= 4 is 95.6 Å². The summed E-state index contributed by atoms with van der Waals surface area (Å²) in [5, 5.41) is 120. The number of nitrogens with one attached hydrogen (secondary N) is 11. The van der Waals surface area contributed by atoms with Gasteiger partial charge in [-0.15, -0.1) is 0 Å². The minimum Gasteiger partial charge on any atom is -0.504 e. The van der Waals surface area contributed by atoms with Crippen molar-refractivity contribution in [1.82, 2.24) is 68.6 Å². The maximum absolute atomic E-state index is 14.4. The zero-order valence-corrected chi connectivity index (χ0v) is 51.5. The first kappa shape index (κ1) is 76.9. The number of hydrogen-bond donors (Lipinski definition) is 22. The number of aliphatic hydroxyl groups excluding tert-OH is 4. The van der Waals surface area contributed by atoms with Crippen molar-refractivity contribution in [3.05, 3.63) is 23.4 Å². The highest BCUT2D eigenvalue weighted by Crippen LogP contribution is 2.41. The molecule has 1 aromatic carbocycles. The second kappa shape index (κ2) is 37.8. The molecule has 3 aliphatic rings. The summed E-state index contributed by atoms with van der Waals surface area (Å²) in [5.41, 5.74) is 11.4. The molecular weight excluding hydrogens is 1250 g/mol. The topological polar surface area (TPSA) is 610 Å². The number of benzene rings is 1. The standard InChI is InChI=1S/C55H85N17O22/c1-27(77)43-53(91)59-15-4-3-8-30(46(84)63-33(11-7-19-71(94)26-76)49(87)68-44(28(2)78)54(92)69-43)62-47(85)32(10-6-18-70(93)25-75)65-50(88)35(23-73)66-48(86)31(9-5-16-60-55(56)57)64-51(89)36(24-74)67-52(90)37-14-17-58-45-34(61-41(81)12-13-42(82)83)20-29-21-39(79)40(80)22-38(29)72(37)45/h20-22,25-28,30-33,35-37,43-45,58,73-74,77-80,93-94H,3-19,23-24H2,1-2H3,(H,59,91)(H,61,81)(H,62,85)(H,63,84)(H,64,89)(H,65,88)(H,66,86)(H,67,90)(H,68,87)(H,69,92)(H,82,83)(H4,56,57,60)/t27-,28-,30+,31+,32+,33+,35-,36-,37?,43+,44+,45?/m1/s1. The molecule has 0 saturated carbocycles. The van der Waals surface area contributed by atoms with Crippen LogP contribution in [0.25, 0.3) is 6.08 Å².